The van der Waals surface area contributed by atoms with Crippen LogP contribution in [0.15, 0.2) is 12.7 Å². The van der Waals surface area contributed by atoms with Gasteiger partial charge in [-0.2, -0.15) is 0 Å². The van der Waals surface area contributed by atoms with Gasteiger partial charge in [-0.3, -0.25) is 0 Å². The second-order valence-electron chi connectivity index (χ2n) is 8.52. The van der Waals surface area contributed by atoms with Crippen molar-refractivity contribution in [3.8, 4) is 0 Å². The summed E-state index contributed by atoms with van der Waals surface area (Å²) in [5.41, 5.74) is -0.877. The van der Waals surface area contributed by atoms with Crippen molar-refractivity contribution in [1.82, 2.24) is 29.5 Å². The molecule has 2 heterocycles. The van der Waals surface area contributed by atoms with Crippen LogP contribution in [0, 0.1) is 97.2 Å². The minimum absolute atomic E-state index is 0. The van der Waals surface area contributed by atoms with Gasteiger partial charge < -0.3 is 65.5 Å². The molecule has 2 aromatic heterocycles. The topological polar surface area (TPSA) is 312 Å². The van der Waals surface area contributed by atoms with Crippen molar-refractivity contribution in [3.63, 3.8) is 0 Å². The zero-order valence-corrected chi connectivity index (χ0v) is 25.4. The Bertz CT molecular complexity index is 966. The fourth-order valence-electron chi connectivity index (χ4n) is 1.42. The molecular weight excluding hydrogens is 666 g/mol. The Hall–Kier alpha value is -3.83. The quantitative estimate of drug-likeness (QED) is 0.135. The fourth-order valence-corrected chi connectivity index (χ4v) is 1.42. The summed E-state index contributed by atoms with van der Waals surface area (Å²) < 4.78 is 5.13. The maximum Gasteiger partial charge on any atom is 3.00 e. The SMILES string of the molecule is Cn1cnnc1/C=[N+](\[O-])C(C)(C)C.Cn1cnnc1/C=[N+](\[O-])C(C)(C)C.O=[N+]([O-])[O-].O=[N+]([O-])[O-].O=[N+]([O-])[O-].[Nd+3]. The van der Waals surface area contributed by atoms with Gasteiger partial charge in [0.15, 0.2) is 11.1 Å². The molecule has 0 spiro atoms. The van der Waals surface area contributed by atoms with Gasteiger partial charge >= 0.3 is 40.8 Å². The van der Waals surface area contributed by atoms with Crippen LogP contribution < -0.4 is 0 Å². The second-order valence-corrected chi connectivity index (χ2v) is 8.52. The van der Waals surface area contributed by atoms with Crippen molar-refractivity contribution < 1.29 is 65.6 Å². The second kappa shape index (κ2) is 20.2. The molecule has 2 aromatic rings. The van der Waals surface area contributed by atoms with E-state index in [0.717, 1.165) is 9.48 Å². The minimum Gasteiger partial charge on any atom is -0.623 e. The minimum atomic E-state index is -1.75. The number of aromatic nitrogens is 6. The first kappa shape index (κ1) is 42.3. The summed E-state index contributed by atoms with van der Waals surface area (Å²) in [5, 5.41) is 82.1. The summed E-state index contributed by atoms with van der Waals surface area (Å²) in [6.07, 6.45) is 5.99. The van der Waals surface area contributed by atoms with Crippen molar-refractivity contribution in [2.24, 2.45) is 14.1 Å². The number of hydroxylamine groups is 2. The van der Waals surface area contributed by atoms with Crippen molar-refractivity contribution in [2.75, 3.05) is 0 Å². The number of nitrogens with zero attached hydrogens (tertiary/aromatic N) is 11. The predicted molar refractivity (Wildman–Crippen MR) is 130 cm³/mol. The first-order chi connectivity index (χ1) is 17.0. The molecule has 2 rings (SSSR count). The Labute approximate surface area is 253 Å². The van der Waals surface area contributed by atoms with Crippen molar-refractivity contribution in [2.45, 2.75) is 52.6 Å². The molecule has 0 aromatic carbocycles. The Morgan fingerprint density at radius 2 is 0.821 bits per heavy atom. The van der Waals surface area contributed by atoms with Crippen LogP contribution in [-0.2, 0) is 14.1 Å². The normalized spacial score (nSPS) is 10.8. The molecule has 0 N–H and O–H groups in total. The van der Waals surface area contributed by atoms with Gasteiger partial charge in [0.05, 0.1) is 15.3 Å². The van der Waals surface area contributed by atoms with E-state index in [4.69, 9.17) is 46.0 Å². The van der Waals surface area contributed by atoms with Crippen LogP contribution >= 0.6 is 0 Å². The molecule has 0 aliphatic heterocycles. The smallest absolute Gasteiger partial charge is 0.623 e. The van der Waals surface area contributed by atoms with Gasteiger partial charge in [-0.25, -0.2) is 9.48 Å². The first-order valence-corrected chi connectivity index (χ1v) is 9.77. The molecule has 217 valence electrons. The number of hydrogen-bond donors (Lipinski definition) is 0. The summed E-state index contributed by atoms with van der Waals surface area (Å²) in [7, 11) is 3.59. The summed E-state index contributed by atoms with van der Waals surface area (Å²) in [4.78, 5) is 24.8. The van der Waals surface area contributed by atoms with Gasteiger partial charge in [0.1, 0.15) is 12.7 Å². The molecule has 0 unspecified atom stereocenters. The molecule has 23 heteroatoms. The zero-order valence-electron chi connectivity index (χ0n) is 22.2. The largest absolute Gasteiger partial charge is 3.00 e. The summed E-state index contributed by atoms with van der Waals surface area (Å²) >= 11 is 0. The van der Waals surface area contributed by atoms with Crippen LogP contribution in [0.3, 0.4) is 0 Å². The molecule has 0 amide bonds. The third-order valence-corrected chi connectivity index (χ3v) is 3.28. The molecule has 0 bridgehead atoms. The number of hydrogen-bond acceptors (Lipinski definition) is 15. The third-order valence-electron chi connectivity index (χ3n) is 3.28. The number of rotatable bonds is 2. The van der Waals surface area contributed by atoms with E-state index in [0.29, 0.717) is 11.6 Å². The van der Waals surface area contributed by atoms with E-state index >= 15 is 0 Å². The van der Waals surface area contributed by atoms with E-state index in [1.807, 2.05) is 41.5 Å². The molecule has 0 saturated heterocycles. The fraction of sp³-hybridized carbons (Fsp3) is 0.625. The van der Waals surface area contributed by atoms with E-state index in [1.165, 1.54) is 12.4 Å². The third kappa shape index (κ3) is 27.0. The molecule has 0 aliphatic carbocycles. The monoisotopic (exact) mass is 692 g/mol. The van der Waals surface area contributed by atoms with E-state index in [-0.39, 0.29) is 40.8 Å². The Kier molecular flexibility index (Phi) is 21.9. The number of aryl methyl sites for hydroxylation is 2. The van der Waals surface area contributed by atoms with E-state index in [1.54, 1.807) is 35.9 Å². The van der Waals surface area contributed by atoms with Gasteiger partial charge in [0, 0.05) is 55.6 Å². The zero-order chi connectivity index (χ0) is 30.9. The van der Waals surface area contributed by atoms with E-state index in [9.17, 15) is 10.4 Å². The molecule has 1 radical (unpaired) electrons. The van der Waals surface area contributed by atoms with E-state index < -0.39 is 26.3 Å². The van der Waals surface area contributed by atoms with Crippen LogP contribution in [0.1, 0.15) is 53.2 Å². The molecule has 0 fully saturated rings. The molecular formula is C16H28N11NdO11. The Morgan fingerprint density at radius 1 is 0.615 bits per heavy atom. The summed E-state index contributed by atoms with van der Waals surface area (Å²) in [5.74, 6) is 1.12. The van der Waals surface area contributed by atoms with E-state index in [2.05, 4.69) is 20.4 Å². The summed E-state index contributed by atoms with van der Waals surface area (Å²) in [6.45, 7) is 11.0. The van der Waals surface area contributed by atoms with Crippen LogP contribution in [0.4, 0.5) is 0 Å². The Morgan fingerprint density at radius 3 is 0.949 bits per heavy atom. The first-order valence-electron chi connectivity index (χ1n) is 9.77. The molecule has 39 heavy (non-hydrogen) atoms. The average Bonchev–Trinajstić information content (AvgIpc) is 3.27. The van der Waals surface area contributed by atoms with Crippen LogP contribution in [-0.4, -0.2) is 77.8 Å². The maximum absolute atomic E-state index is 11.5. The van der Waals surface area contributed by atoms with Gasteiger partial charge in [-0.1, -0.05) is 0 Å². The average molecular weight is 695 g/mol. The Balaban J connectivity index is -0.000000220. The molecule has 0 aliphatic rings. The van der Waals surface area contributed by atoms with Gasteiger partial charge in [-0.05, 0) is 0 Å². The van der Waals surface area contributed by atoms with Gasteiger partial charge in [0.25, 0.3) is 0 Å². The molecule has 0 saturated carbocycles. The van der Waals surface area contributed by atoms with Gasteiger partial charge in [0.2, 0.25) is 24.1 Å². The maximum atomic E-state index is 11.5. The van der Waals surface area contributed by atoms with Crippen molar-refractivity contribution in [1.29, 1.82) is 0 Å². The predicted octanol–water partition coefficient (Wildman–Crippen LogP) is 0.368. The standard InChI is InChI=1S/2C8H14N4O.3NO3.Nd/c2*1-8(2,3)12(13)5-7-10-9-6-11(7)4;3*2-1(3)4;/h2*5-6H,1-4H3;;;;/q;;3*-1;+3/b2*12-5-;;;;. The van der Waals surface area contributed by atoms with Gasteiger partial charge in [-0.15, -0.1) is 20.4 Å². The van der Waals surface area contributed by atoms with Crippen LogP contribution in [0.5, 0.6) is 0 Å². The summed E-state index contributed by atoms with van der Waals surface area (Å²) in [6, 6.07) is 0. The van der Waals surface area contributed by atoms with Crippen LogP contribution in [0.25, 0.3) is 0 Å². The van der Waals surface area contributed by atoms with Crippen molar-refractivity contribution in [3.05, 3.63) is 80.7 Å². The van der Waals surface area contributed by atoms with Crippen molar-refractivity contribution >= 4 is 12.4 Å². The molecule has 22 nitrogen and oxygen atoms in total. The van der Waals surface area contributed by atoms with Crippen LogP contribution in [0.2, 0.25) is 0 Å². The molecule has 0 atom stereocenters.